The van der Waals surface area contributed by atoms with Crippen molar-refractivity contribution in [3.05, 3.63) is 23.8 Å². The van der Waals surface area contributed by atoms with Crippen LogP contribution in [-0.2, 0) is 9.59 Å². The number of amides is 2. The molecular weight excluding hydrogens is 366 g/mol. The molecular formula is C23H36N3O3+. The molecule has 6 heteroatoms. The fraction of sp³-hybridized carbons (Fsp3) is 0.652. The van der Waals surface area contributed by atoms with Crippen LogP contribution in [0.1, 0.15) is 45.6 Å². The Balaban J connectivity index is 1.52. The van der Waals surface area contributed by atoms with E-state index in [9.17, 15) is 9.59 Å². The molecule has 0 saturated carbocycles. The maximum atomic E-state index is 12.8. The fourth-order valence-corrected chi connectivity index (χ4v) is 4.75. The normalized spacial score (nSPS) is 26.6. The summed E-state index contributed by atoms with van der Waals surface area (Å²) in [4.78, 5) is 28.6. The molecule has 2 aliphatic rings. The third-order valence-corrected chi connectivity index (χ3v) is 6.00. The van der Waals surface area contributed by atoms with Gasteiger partial charge in [0.1, 0.15) is 12.3 Å². The summed E-state index contributed by atoms with van der Waals surface area (Å²) in [5, 5.41) is 3.00. The van der Waals surface area contributed by atoms with Crippen LogP contribution in [-0.4, -0.2) is 50.6 Å². The predicted molar refractivity (Wildman–Crippen MR) is 114 cm³/mol. The van der Waals surface area contributed by atoms with Crippen LogP contribution in [0.15, 0.2) is 18.2 Å². The lowest BCUT2D eigenvalue weighted by atomic mass is 9.92. The van der Waals surface area contributed by atoms with Crippen molar-refractivity contribution in [2.75, 3.05) is 37.6 Å². The van der Waals surface area contributed by atoms with E-state index >= 15 is 0 Å². The SMILES string of the molecule is CCC1Oc2ccc(C)cc2N(CC(=O)NCCC[NH+]2CC(C)CC(C)C2)C1=O. The van der Waals surface area contributed by atoms with Gasteiger partial charge in [0.25, 0.3) is 5.91 Å². The largest absolute Gasteiger partial charge is 0.478 e. The van der Waals surface area contributed by atoms with Gasteiger partial charge in [-0.1, -0.05) is 26.8 Å². The summed E-state index contributed by atoms with van der Waals surface area (Å²) in [6, 6.07) is 5.76. The molecule has 29 heavy (non-hydrogen) atoms. The Labute approximate surface area is 174 Å². The first-order valence-corrected chi connectivity index (χ1v) is 11.1. The molecule has 0 radical (unpaired) electrons. The van der Waals surface area contributed by atoms with Gasteiger partial charge in [-0.05, 0) is 37.5 Å². The Morgan fingerprint density at radius 2 is 2.00 bits per heavy atom. The van der Waals surface area contributed by atoms with Crippen molar-refractivity contribution in [1.82, 2.24) is 5.32 Å². The maximum absolute atomic E-state index is 12.8. The van der Waals surface area contributed by atoms with Crippen LogP contribution in [0.25, 0.3) is 0 Å². The number of hydrogen-bond donors (Lipinski definition) is 2. The number of carbonyl (C=O) groups excluding carboxylic acids is 2. The minimum atomic E-state index is -0.523. The van der Waals surface area contributed by atoms with Crippen molar-refractivity contribution < 1.29 is 19.2 Å². The van der Waals surface area contributed by atoms with Gasteiger partial charge in [-0.25, -0.2) is 0 Å². The van der Waals surface area contributed by atoms with Crippen molar-refractivity contribution in [3.8, 4) is 5.75 Å². The number of quaternary nitrogens is 1. The van der Waals surface area contributed by atoms with Crippen LogP contribution in [0.3, 0.4) is 0 Å². The van der Waals surface area contributed by atoms with Crippen molar-refractivity contribution in [3.63, 3.8) is 0 Å². The van der Waals surface area contributed by atoms with Crippen molar-refractivity contribution >= 4 is 17.5 Å². The molecule has 3 rings (SSSR count). The van der Waals surface area contributed by atoms with Crippen molar-refractivity contribution in [1.29, 1.82) is 0 Å². The van der Waals surface area contributed by atoms with Gasteiger partial charge in [-0.3, -0.25) is 14.5 Å². The number of nitrogens with zero attached hydrogens (tertiary/aromatic N) is 1. The number of aryl methyl sites for hydroxylation is 1. The number of rotatable bonds is 7. The van der Waals surface area contributed by atoms with E-state index < -0.39 is 6.10 Å². The summed E-state index contributed by atoms with van der Waals surface area (Å²) in [5.41, 5.74) is 1.73. The van der Waals surface area contributed by atoms with Crippen molar-refractivity contribution in [2.24, 2.45) is 11.8 Å². The molecule has 1 aromatic carbocycles. The maximum Gasteiger partial charge on any atom is 0.268 e. The molecule has 0 bridgehead atoms. The molecule has 1 saturated heterocycles. The molecule has 2 heterocycles. The fourth-order valence-electron chi connectivity index (χ4n) is 4.75. The molecule has 2 aliphatic heterocycles. The Morgan fingerprint density at radius 3 is 2.69 bits per heavy atom. The highest BCUT2D eigenvalue weighted by molar-refractivity contribution is 6.03. The zero-order valence-corrected chi connectivity index (χ0v) is 18.3. The number of hydrogen-bond acceptors (Lipinski definition) is 3. The average molecular weight is 403 g/mol. The monoisotopic (exact) mass is 402 g/mol. The number of nitrogens with one attached hydrogen (secondary N) is 2. The number of piperidine rings is 1. The van der Waals surface area contributed by atoms with Crippen molar-refractivity contribution in [2.45, 2.75) is 53.1 Å². The van der Waals surface area contributed by atoms with E-state index in [1.807, 2.05) is 32.0 Å². The molecule has 2 amide bonds. The molecule has 1 aromatic rings. The molecule has 3 atom stereocenters. The summed E-state index contributed by atoms with van der Waals surface area (Å²) < 4.78 is 5.82. The standard InChI is InChI=1S/C23H35N3O3/c1-5-20-23(28)26(19-12-16(2)7-8-21(19)29-20)15-22(27)24-9-6-10-25-13-17(3)11-18(4)14-25/h7-8,12,17-18,20H,5-6,9-11,13-15H2,1-4H3,(H,24,27)/p+1. The van der Waals surface area contributed by atoms with Gasteiger partial charge in [0, 0.05) is 24.8 Å². The quantitative estimate of drug-likeness (QED) is 0.681. The van der Waals surface area contributed by atoms with E-state index in [1.165, 1.54) is 19.5 Å². The lowest BCUT2D eigenvalue weighted by Gasteiger charge is -2.34. The first-order chi connectivity index (χ1) is 13.9. The van der Waals surface area contributed by atoms with Crippen LogP contribution in [0.4, 0.5) is 5.69 Å². The highest BCUT2D eigenvalue weighted by atomic mass is 16.5. The van der Waals surface area contributed by atoms with Crippen LogP contribution < -0.4 is 19.9 Å². The molecule has 0 spiro atoms. The number of ether oxygens (including phenoxy) is 1. The second-order valence-electron chi connectivity index (χ2n) is 8.97. The van der Waals surface area contributed by atoms with E-state index in [-0.39, 0.29) is 18.4 Å². The van der Waals surface area contributed by atoms with Crippen LogP contribution >= 0.6 is 0 Å². The van der Waals surface area contributed by atoms with Crippen LogP contribution in [0, 0.1) is 18.8 Å². The summed E-state index contributed by atoms with van der Waals surface area (Å²) in [7, 11) is 0. The predicted octanol–water partition coefficient (Wildman–Crippen LogP) is 1.57. The number of likely N-dealkylation sites (tertiary alicyclic amines) is 1. The zero-order chi connectivity index (χ0) is 21.0. The highest BCUT2D eigenvalue weighted by Gasteiger charge is 2.34. The average Bonchev–Trinajstić information content (AvgIpc) is 2.67. The summed E-state index contributed by atoms with van der Waals surface area (Å²) in [6.07, 6.45) is 2.35. The Morgan fingerprint density at radius 1 is 1.28 bits per heavy atom. The second kappa shape index (κ2) is 9.61. The van der Waals surface area contributed by atoms with E-state index in [2.05, 4.69) is 19.2 Å². The molecule has 6 nitrogen and oxygen atoms in total. The molecule has 3 unspecified atom stereocenters. The first-order valence-electron chi connectivity index (χ1n) is 11.1. The number of anilines is 1. The third kappa shape index (κ3) is 5.50. The number of benzene rings is 1. The Hall–Kier alpha value is -2.08. The Kier molecular flexibility index (Phi) is 7.17. The summed E-state index contributed by atoms with van der Waals surface area (Å²) in [5.74, 6) is 1.99. The Bertz CT molecular complexity index is 726. The molecule has 1 fully saturated rings. The lowest BCUT2D eigenvalue weighted by Crippen LogP contribution is -3.14. The van der Waals surface area contributed by atoms with E-state index in [1.54, 1.807) is 9.80 Å². The minimum absolute atomic E-state index is 0.0415. The molecule has 0 aliphatic carbocycles. The van der Waals surface area contributed by atoms with E-state index in [0.717, 1.165) is 30.4 Å². The first kappa shape index (κ1) is 21.6. The van der Waals surface area contributed by atoms with Gasteiger partial charge in [-0.2, -0.15) is 0 Å². The van der Waals surface area contributed by atoms with Crippen LogP contribution in [0.5, 0.6) is 5.75 Å². The van der Waals surface area contributed by atoms with Gasteiger partial charge in [0.05, 0.1) is 25.3 Å². The van der Waals surface area contributed by atoms with E-state index in [0.29, 0.717) is 24.4 Å². The molecule has 160 valence electrons. The van der Waals surface area contributed by atoms with Gasteiger partial charge in [0.15, 0.2) is 6.10 Å². The van der Waals surface area contributed by atoms with Gasteiger partial charge in [-0.15, -0.1) is 0 Å². The van der Waals surface area contributed by atoms with Gasteiger partial charge in [0.2, 0.25) is 5.91 Å². The summed E-state index contributed by atoms with van der Waals surface area (Å²) >= 11 is 0. The van der Waals surface area contributed by atoms with Gasteiger partial charge < -0.3 is 15.0 Å². The minimum Gasteiger partial charge on any atom is -0.478 e. The van der Waals surface area contributed by atoms with E-state index in [4.69, 9.17) is 4.74 Å². The summed E-state index contributed by atoms with van der Waals surface area (Å²) in [6.45, 7) is 12.8. The smallest absolute Gasteiger partial charge is 0.268 e. The number of fused-ring (bicyclic) bond motifs is 1. The third-order valence-electron chi connectivity index (χ3n) is 6.00. The zero-order valence-electron chi connectivity index (χ0n) is 18.3. The van der Waals surface area contributed by atoms with Gasteiger partial charge >= 0.3 is 0 Å². The lowest BCUT2D eigenvalue weighted by molar-refractivity contribution is -0.912. The molecule has 2 N–H and O–H groups in total. The second-order valence-corrected chi connectivity index (χ2v) is 8.97. The number of carbonyl (C=O) groups is 2. The highest BCUT2D eigenvalue weighted by Crippen LogP contribution is 2.35. The topological polar surface area (TPSA) is 63.1 Å². The van der Waals surface area contributed by atoms with Crippen LogP contribution in [0.2, 0.25) is 0 Å². The molecule has 0 aromatic heterocycles.